The first-order valence-corrected chi connectivity index (χ1v) is 6.98. The third kappa shape index (κ3) is 2.57. The maximum Gasteiger partial charge on any atom is 0.247 e. The van der Waals surface area contributed by atoms with Gasteiger partial charge in [0.15, 0.2) is 0 Å². The fourth-order valence-electron chi connectivity index (χ4n) is 2.80. The van der Waals surface area contributed by atoms with Gasteiger partial charge in [0, 0.05) is 32.7 Å². The lowest BCUT2D eigenvalue weighted by Crippen LogP contribution is -2.52. The van der Waals surface area contributed by atoms with Crippen LogP contribution in [0, 0.1) is 0 Å². The standard InChI is InChI=1S/C13H23N3O2/c1-3-5-16-12(17)10-11(13(16)18)15-8-6-14(4-2)7-9-15/h11H,3-10H2,1-2H3. The topological polar surface area (TPSA) is 43.9 Å². The van der Waals surface area contributed by atoms with Gasteiger partial charge < -0.3 is 4.90 Å². The predicted octanol–water partition coefficient (Wildman–Crippen LogP) is 0.161. The zero-order chi connectivity index (χ0) is 13.1. The lowest BCUT2D eigenvalue weighted by Gasteiger charge is -2.36. The van der Waals surface area contributed by atoms with E-state index in [-0.39, 0.29) is 17.9 Å². The van der Waals surface area contributed by atoms with Crippen molar-refractivity contribution >= 4 is 11.8 Å². The van der Waals surface area contributed by atoms with E-state index in [1.807, 2.05) is 6.92 Å². The fourth-order valence-corrected chi connectivity index (χ4v) is 2.80. The molecule has 5 heteroatoms. The molecule has 1 atom stereocenters. The number of rotatable bonds is 4. The number of nitrogens with zero attached hydrogens (tertiary/aromatic N) is 3. The van der Waals surface area contributed by atoms with Gasteiger partial charge in [-0.15, -0.1) is 0 Å². The number of imide groups is 1. The van der Waals surface area contributed by atoms with Crippen molar-refractivity contribution in [2.24, 2.45) is 0 Å². The van der Waals surface area contributed by atoms with Gasteiger partial charge in [-0.25, -0.2) is 0 Å². The van der Waals surface area contributed by atoms with Crippen LogP contribution < -0.4 is 0 Å². The summed E-state index contributed by atoms with van der Waals surface area (Å²) in [5.74, 6) is 0.0246. The fraction of sp³-hybridized carbons (Fsp3) is 0.846. The van der Waals surface area contributed by atoms with E-state index in [2.05, 4.69) is 16.7 Å². The third-order valence-electron chi connectivity index (χ3n) is 3.96. The van der Waals surface area contributed by atoms with E-state index in [4.69, 9.17) is 0 Å². The van der Waals surface area contributed by atoms with Crippen molar-refractivity contribution in [3.05, 3.63) is 0 Å². The third-order valence-corrected chi connectivity index (χ3v) is 3.96. The summed E-state index contributed by atoms with van der Waals surface area (Å²) in [5.41, 5.74) is 0. The molecule has 0 bridgehead atoms. The lowest BCUT2D eigenvalue weighted by molar-refractivity contribution is -0.139. The van der Waals surface area contributed by atoms with Gasteiger partial charge in [-0.3, -0.25) is 19.4 Å². The van der Waals surface area contributed by atoms with Crippen LogP contribution in [0.5, 0.6) is 0 Å². The molecule has 0 aromatic rings. The molecule has 1 unspecified atom stereocenters. The highest BCUT2D eigenvalue weighted by Gasteiger charge is 2.41. The van der Waals surface area contributed by atoms with E-state index in [1.165, 1.54) is 4.90 Å². The molecular formula is C13H23N3O2. The molecule has 0 saturated carbocycles. The molecule has 0 radical (unpaired) electrons. The Bertz CT molecular complexity index is 324. The zero-order valence-corrected chi connectivity index (χ0v) is 11.4. The number of likely N-dealkylation sites (N-methyl/N-ethyl adjacent to an activating group) is 1. The van der Waals surface area contributed by atoms with Gasteiger partial charge in [-0.05, 0) is 13.0 Å². The summed E-state index contributed by atoms with van der Waals surface area (Å²) in [6.45, 7) is 9.59. The molecular weight excluding hydrogens is 230 g/mol. The number of hydrogen-bond acceptors (Lipinski definition) is 4. The molecule has 0 N–H and O–H groups in total. The molecule has 2 aliphatic rings. The van der Waals surface area contributed by atoms with Crippen molar-refractivity contribution < 1.29 is 9.59 Å². The van der Waals surface area contributed by atoms with Crippen molar-refractivity contribution in [3.8, 4) is 0 Å². The number of hydrogen-bond donors (Lipinski definition) is 0. The average Bonchev–Trinajstić information content (AvgIpc) is 2.67. The highest BCUT2D eigenvalue weighted by atomic mass is 16.2. The number of carbonyl (C=O) groups is 2. The van der Waals surface area contributed by atoms with Crippen LogP contribution in [0.25, 0.3) is 0 Å². The van der Waals surface area contributed by atoms with Crippen LogP contribution in [0.1, 0.15) is 26.7 Å². The smallest absolute Gasteiger partial charge is 0.247 e. The normalized spacial score (nSPS) is 27.2. The molecule has 5 nitrogen and oxygen atoms in total. The van der Waals surface area contributed by atoms with Gasteiger partial charge >= 0.3 is 0 Å². The molecule has 2 saturated heterocycles. The molecule has 0 aromatic carbocycles. The molecule has 2 amide bonds. The molecule has 2 fully saturated rings. The van der Waals surface area contributed by atoms with Crippen molar-refractivity contribution in [2.45, 2.75) is 32.7 Å². The highest BCUT2D eigenvalue weighted by molar-refractivity contribution is 6.05. The Morgan fingerprint density at radius 1 is 1.11 bits per heavy atom. The maximum atomic E-state index is 12.2. The molecule has 102 valence electrons. The summed E-state index contributed by atoms with van der Waals surface area (Å²) in [5, 5.41) is 0. The second-order valence-electron chi connectivity index (χ2n) is 5.07. The van der Waals surface area contributed by atoms with Crippen LogP contribution in [0.3, 0.4) is 0 Å². The highest BCUT2D eigenvalue weighted by Crippen LogP contribution is 2.20. The average molecular weight is 253 g/mol. The van der Waals surface area contributed by atoms with Gasteiger partial charge in [0.05, 0.1) is 12.5 Å². The summed E-state index contributed by atoms with van der Waals surface area (Å²) in [6.07, 6.45) is 1.22. The molecule has 0 aromatic heterocycles. The van der Waals surface area contributed by atoms with Crippen LogP contribution >= 0.6 is 0 Å². The van der Waals surface area contributed by atoms with Crippen molar-refractivity contribution in [3.63, 3.8) is 0 Å². The van der Waals surface area contributed by atoms with Gasteiger partial charge in [-0.2, -0.15) is 0 Å². The predicted molar refractivity (Wildman–Crippen MR) is 69.1 cm³/mol. The Morgan fingerprint density at radius 2 is 1.78 bits per heavy atom. The molecule has 0 spiro atoms. The monoisotopic (exact) mass is 253 g/mol. The molecule has 2 heterocycles. The first-order chi connectivity index (χ1) is 8.67. The number of carbonyl (C=O) groups excluding carboxylic acids is 2. The van der Waals surface area contributed by atoms with Crippen LogP contribution in [0.15, 0.2) is 0 Å². The van der Waals surface area contributed by atoms with Crippen molar-refractivity contribution in [1.82, 2.24) is 14.7 Å². The zero-order valence-electron chi connectivity index (χ0n) is 11.4. The molecule has 18 heavy (non-hydrogen) atoms. The Labute approximate surface area is 109 Å². The largest absolute Gasteiger partial charge is 0.301 e. The second-order valence-corrected chi connectivity index (χ2v) is 5.07. The lowest BCUT2D eigenvalue weighted by atomic mass is 10.2. The minimum atomic E-state index is -0.192. The van der Waals surface area contributed by atoms with E-state index in [0.717, 1.165) is 39.1 Å². The van der Waals surface area contributed by atoms with Crippen LogP contribution in [-0.2, 0) is 9.59 Å². The summed E-state index contributed by atoms with van der Waals surface area (Å²) in [7, 11) is 0. The van der Waals surface area contributed by atoms with E-state index < -0.39 is 0 Å². The SMILES string of the molecule is CCCN1C(=O)CC(N2CCN(CC)CC2)C1=O. The molecule has 2 aliphatic heterocycles. The minimum absolute atomic E-state index is 0.00442. The van der Waals surface area contributed by atoms with Crippen LogP contribution in [-0.4, -0.2) is 71.8 Å². The maximum absolute atomic E-state index is 12.2. The van der Waals surface area contributed by atoms with Crippen LogP contribution in [0.4, 0.5) is 0 Å². The van der Waals surface area contributed by atoms with Gasteiger partial charge in [0.1, 0.15) is 0 Å². The van der Waals surface area contributed by atoms with E-state index in [1.54, 1.807) is 0 Å². The van der Waals surface area contributed by atoms with E-state index >= 15 is 0 Å². The van der Waals surface area contributed by atoms with Crippen molar-refractivity contribution in [2.75, 3.05) is 39.3 Å². The quantitative estimate of drug-likeness (QED) is 0.670. The summed E-state index contributed by atoms with van der Waals surface area (Å²) in [4.78, 5) is 30.0. The van der Waals surface area contributed by atoms with Gasteiger partial charge in [0.25, 0.3) is 0 Å². The van der Waals surface area contributed by atoms with Gasteiger partial charge in [-0.1, -0.05) is 13.8 Å². The second kappa shape index (κ2) is 5.80. The van der Waals surface area contributed by atoms with Crippen LogP contribution in [0.2, 0.25) is 0 Å². The Balaban J connectivity index is 1.95. The molecule has 0 aliphatic carbocycles. The Morgan fingerprint density at radius 3 is 2.33 bits per heavy atom. The Kier molecular flexibility index (Phi) is 4.35. The first kappa shape index (κ1) is 13.5. The summed E-state index contributed by atoms with van der Waals surface area (Å²) in [6, 6.07) is -0.192. The Hall–Kier alpha value is -0.940. The minimum Gasteiger partial charge on any atom is -0.301 e. The summed E-state index contributed by atoms with van der Waals surface area (Å²) >= 11 is 0. The number of likely N-dealkylation sites (tertiary alicyclic amines) is 1. The number of piperazine rings is 1. The van der Waals surface area contributed by atoms with E-state index in [0.29, 0.717) is 13.0 Å². The number of amides is 2. The first-order valence-electron chi connectivity index (χ1n) is 6.98. The van der Waals surface area contributed by atoms with Crippen molar-refractivity contribution in [1.29, 1.82) is 0 Å². The molecule has 2 rings (SSSR count). The summed E-state index contributed by atoms with van der Waals surface area (Å²) < 4.78 is 0. The van der Waals surface area contributed by atoms with E-state index in [9.17, 15) is 9.59 Å². The van der Waals surface area contributed by atoms with Gasteiger partial charge in [0.2, 0.25) is 11.8 Å².